The fraction of sp³-hybridized carbons (Fsp3) is 0.409. The van der Waals surface area contributed by atoms with Gasteiger partial charge >= 0.3 is 0 Å². The van der Waals surface area contributed by atoms with Crippen LogP contribution < -0.4 is 5.32 Å². The Labute approximate surface area is 183 Å². The van der Waals surface area contributed by atoms with Crippen LogP contribution in [0.4, 0.5) is 18.9 Å². The van der Waals surface area contributed by atoms with Gasteiger partial charge in [0, 0.05) is 17.3 Å². The monoisotopic (exact) mass is 469 g/mol. The summed E-state index contributed by atoms with van der Waals surface area (Å²) in [6.45, 7) is -0.455. The highest BCUT2D eigenvalue weighted by molar-refractivity contribution is 7.92. The van der Waals surface area contributed by atoms with Crippen LogP contribution in [0.3, 0.4) is 0 Å². The number of aliphatic hydroxyl groups is 2. The van der Waals surface area contributed by atoms with E-state index >= 15 is 0 Å². The number of anilines is 1. The highest BCUT2D eigenvalue weighted by atomic mass is 32.2. The maximum atomic E-state index is 14.5. The van der Waals surface area contributed by atoms with Crippen molar-refractivity contribution in [2.24, 2.45) is 11.8 Å². The molecule has 2 atom stereocenters. The van der Waals surface area contributed by atoms with Gasteiger partial charge in [-0.2, -0.15) is 0 Å². The summed E-state index contributed by atoms with van der Waals surface area (Å²) in [5, 5.41) is 21.6. The summed E-state index contributed by atoms with van der Waals surface area (Å²) < 4.78 is 67.5. The summed E-state index contributed by atoms with van der Waals surface area (Å²) >= 11 is 0. The average Bonchev–Trinajstić information content (AvgIpc) is 2.92. The number of nitrogens with one attached hydrogen (secondary N) is 1. The summed E-state index contributed by atoms with van der Waals surface area (Å²) in [4.78, 5) is 11.9. The fourth-order valence-electron chi connectivity index (χ4n) is 4.94. The van der Waals surface area contributed by atoms with E-state index in [2.05, 4.69) is 5.32 Å². The molecule has 2 aromatic rings. The fourth-order valence-corrected chi connectivity index (χ4v) is 6.90. The second kappa shape index (κ2) is 8.17. The molecule has 4 rings (SSSR count). The lowest BCUT2D eigenvalue weighted by Crippen LogP contribution is -2.50. The maximum absolute atomic E-state index is 14.5. The highest BCUT2D eigenvalue weighted by Crippen LogP contribution is 2.51. The predicted octanol–water partition coefficient (Wildman–Crippen LogP) is 3.04. The van der Waals surface area contributed by atoms with Crippen molar-refractivity contribution in [1.82, 2.24) is 0 Å². The van der Waals surface area contributed by atoms with Crippen LogP contribution in [-0.4, -0.2) is 42.0 Å². The number of hydrogen-bond acceptors (Lipinski definition) is 5. The molecule has 6 nitrogen and oxygen atoms in total. The molecule has 172 valence electrons. The van der Waals surface area contributed by atoms with Crippen molar-refractivity contribution in [3.8, 4) is 0 Å². The van der Waals surface area contributed by atoms with Crippen LogP contribution in [0.2, 0.25) is 0 Å². The second-order valence-electron chi connectivity index (χ2n) is 8.49. The van der Waals surface area contributed by atoms with Crippen molar-refractivity contribution >= 4 is 21.4 Å². The van der Waals surface area contributed by atoms with Crippen LogP contribution in [-0.2, 0) is 9.84 Å². The third kappa shape index (κ3) is 3.80. The number of carbonyl (C=O) groups excluding carboxylic acids is 1. The van der Waals surface area contributed by atoms with Gasteiger partial charge in [0.15, 0.2) is 21.5 Å². The number of carbonyl (C=O) groups is 1. The first-order chi connectivity index (χ1) is 15.1. The Morgan fingerprint density at radius 1 is 1.00 bits per heavy atom. The molecule has 1 amide bonds. The van der Waals surface area contributed by atoms with Gasteiger partial charge in [-0.3, -0.25) is 4.79 Å². The number of amides is 1. The Balaban J connectivity index is 1.59. The van der Waals surface area contributed by atoms with Gasteiger partial charge < -0.3 is 15.5 Å². The molecule has 2 saturated carbocycles. The van der Waals surface area contributed by atoms with Crippen LogP contribution in [0.15, 0.2) is 41.3 Å². The smallest absolute Gasteiger partial charge is 0.255 e. The molecular weight excluding hydrogens is 447 g/mol. The van der Waals surface area contributed by atoms with Gasteiger partial charge in [-0.05, 0) is 67.9 Å². The molecule has 2 fully saturated rings. The summed E-state index contributed by atoms with van der Waals surface area (Å²) in [5.41, 5.74) is -1.54. The Bertz CT molecular complexity index is 1160. The lowest BCUT2D eigenvalue weighted by molar-refractivity contribution is -0.0944. The summed E-state index contributed by atoms with van der Waals surface area (Å²) in [7, 11) is -4.18. The SMILES string of the molecule is O=C(Nc1ccc(F)c(F)c1)c1ccc(F)c(S(=O)(=O)[C@H]2CC3CCC(C2)[C@]3(O)CO)c1. The quantitative estimate of drug-likeness (QED) is 0.625. The normalized spacial score (nSPS) is 27.3. The number of hydrogen-bond donors (Lipinski definition) is 3. The van der Waals surface area contributed by atoms with E-state index in [4.69, 9.17) is 0 Å². The molecule has 10 heteroatoms. The van der Waals surface area contributed by atoms with Gasteiger partial charge in [0.05, 0.1) is 17.5 Å². The van der Waals surface area contributed by atoms with Gasteiger partial charge in [-0.25, -0.2) is 21.6 Å². The molecule has 0 aliphatic heterocycles. The first kappa shape index (κ1) is 22.8. The maximum Gasteiger partial charge on any atom is 0.255 e. The van der Waals surface area contributed by atoms with Crippen LogP contribution in [0.25, 0.3) is 0 Å². The Kier molecular flexibility index (Phi) is 5.81. The zero-order valence-electron chi connectivity index (χ0n) is 16.9. The lowest BCUT2D eigenvalue weighted by atomic mass is 9.75. The zero-order chi connectivity index (χ0) is 23.3. The van der Waals surface area contributed by atoms with Crippen molar-refractivity contribution in [2.45, 2.75) is 41.4 Å². The molecule has 0 radical (unpaired) electrons. The third-order valence-electron chi connectivity index (χ3n) is 6.74. The van der Waals surface area contributed by atoms with E-state index in [1.807, 2.05) is 0 Å². The number of sulfone groups is 1. The topological polar surface area (TPSA) is 104 Å². The van der Waals surface area contributed by atoms with Crippen molar-refractivity contribution in [3.05, 3.63) is 59.4 Å². The van der Waals surface area contributed by atoms with Crippen LogP contribution in [0, 0.1) is 29.3 Å². The Hall–Kier alpha value is -2.43. The van der Waals surface area contributed by atoms with E-state index in [0.717, 1.165) is 36.4 Å². The van der Waals surface area contributed by atoms with E-state index in [-0.39, 0.29) is 24.1 Å². The molecule has 0 spiro atoms. The zero-order valence-corrected chi connectivity index (χ0v) is 17.7. The van der Waals surface area contributed by atoms with Crippen molar-refractivity contribution in [1.29, 1.82) is 0 Å². The van der Waals surface area contributed by atoms with Gasteiger partial charge in [0.2, 0.25) is 0 Å². The molecular formula is C22H22F3NO5S. The summed E-state index contributed by atoms with van der Waals surface area (Å²) in [6.07, 6.45) is 1.32. The lowest BCUT2D eigenvalue weighted by Gasteiger charge is -2.41. The van der Waals surface area contributed by atoms with Crippen LogP contribution in [0.1, 0.15) is 36.0 Å². The molecule has 3 N–H and O–H groups in total. The van der Waals surface area contributed by atoms with Crippen molar-refractivity contribution in [2.75, 3.05) is 11.9 Å². The minimum absolute atomic E-state index is 0.0465. The van der Waals surface area contributed by atoms with Gasteiger partial charge in [0.1, 0.15) is 10.7 Å². The average molecular weight is 469 g/mol. The summed E-state index contributed by atoms with van der Waals surface area (Å²) in [6, 6.07) is 5.63. The Morgan fingerprint density at radius 3 is 2.22 bits per heavy atom. The van der Waals surface area contributed by atoms with Crippen LogP contribution >= 0.6 is 0 Å². The minimum Gasteiger partial charge on any atom is -0.393 e. The molecule has 32 heavy (non-hydrogen) atoms. The van der Waals surface area contributed by atoms with E-state index in [1.165, 1.54) is 0 Å². The molecule has 0 saturated heterocycles. The standard InChI is InChI=1S/C22H22F3NO5S/c23-17-6-4-15(10-19(17)25)26-21(28)12-1-5-18(24)20(7-12)32(30,31)16-8-13-2-3-14(9-16)22(13,29)11-27/h1,4-7,10,13-14,16,27,29H,2-3,8-9,11H2,(H,26,28)/t13?,14?,16-,22-. The summed E-state index contributed by atoms with van der Waals surface area (Å²) in [5.74, 6) is -4.90. The van der Waals surface area contributed by atoms with Gasteiger partial charge in [0.25, 0.3) is 5.91 Å². The first-order valence-electron chi connectivity index (χ1n) is 10.2. The van der Waals surface area contributed by atoms with Gasteiger partial charge in [-0.15, -0.1) is 0 Å². The molecule has 2 bridgehead atoms. The number of rotatable bonds is 5. The second-order valence-corrected chi connectivity index (χ2v) is 10.7. The molecule has 2 aromatic carbocycles. The number of benzene rings is 2. The van der Waals surface area contributed by atoms with Crippen molar-refractivity contribution in [3.63, 3.8) is 0 Å². The first-order valence-corrected chi connectivity index (χ1v) is 11.7. The largest absolute Gasteiger partial charge is 0.393 e. The van der Waals surface area contributed by atoms with Crippen molar-refractivity contribution < 1.29 is 36.6 Å². The number of aliphatic hydroxyl groups excluding tert-OH is 1. The third-order valence-corrected chi connectivity index (χ3v) is 8.93. The van der Waals surface area contributed by atoms with Crippen LogP contribution in [0.5, 0.6) is 0 Å². The Morgan fingerprint density at radius 2 is 1.62 bits per heavy atom. The van der Waals surface area contributed by atoms with E-state index < -0.39 is 67.4 Å². The molecule has 2 aliphatic carbocycles. The predicted molar refractivity (Wildman–Crippen MR) is 109 cm³/mol. The molecule has 2 aliphatic rings. The molecule has 0 aromatic heterocycles. The number of halogens is 3. The van der Waals surface area contributed by atoms with E-state index in [9.17, 15) is 36.6 Å². The molecule has 2 unspecified atom stereocenters. The number of fused-ring (bicyclic) bond motifs is 2. The van der Waals surface area contributed by atoms with E-state index in [1.54, 1.807) is 0 Å². The van der Waals surface area contributed by atoms with E-state index in [0.29, 0.717) is 12.8 Å². The highest BCUT2D eigenvalue weighted by Gasteiger charge is 2.55. The molecule has 0 heterocycles. The minimum atomic E-state index is -4.18. The van der Waals surface area contributed by atoms with Gasteiger partial charge in [-0.1, -0.05) is 0 Å².